The summed E-state index contributed by atoms with van der Waals surface area (Å²) in [5.74, 6) is 0. The Hall–Kier alpha value is -1.96. The summed E-state index contributed by atoms with van der Waals surface area (Å²) in [6, 6.07) is 8.35. The molecule has 27 heavy (non-hydrogen) atoms. The van der Waals surface area contributed by atoms with Gasteiger partial charge < -0.3 is 9.31 Å². The average Bonchev–Trinajstić information content (AvgIpc) is 3.23. The van der Waals surface area contributed by atoms with Gasteiger partial charge in [-0.1, -0.05) is 24.3 Å². The molecule has 2 aliphatic rings. The third-order valence-corrected chi connectivity index (χ3v) is 5.94. The highest BCUT2D eigenvalue weighted by atomic mass is 16.7. The molecule has 1 aromatic heterocycles. The van der Waals surface area contributed by atoms with E-state index in [2.05, 4.69) is 67.0 Å². The monoisotopic (exact) mass is 366 g/mol. The first-order valence-electron chi connectivity index (χ1n) is 9.55. The lowest BCUT2D eigenvalue weighted by molar-refractivity contribution is 0.00578. The second-order valence-corrected chi connectivity index (χ2v) is 8.32. The molecule has 2 aromatic rings. The van der Waals surface area contributed by atoms with Gasteiger partial charge in [0.1, 0.15) is 12.7 Å². The van der Waals surface area contributed by atoms with Gasteiger partial charge in [-0.2, -0.15) is 5.10 Å². The van der Waals surface area contributed by atoms with Crippen LogP contribution in [0.5, 0.6) is 0 Å². The zero-order valence-electron chi connectivity index (χ0n) is 16.6. The Morgan fingerprint density at radius 3 is 2.48 bits per heavy atom. The quantitative estimate of drug-likeness (QED) is 0.779. The van der Waals surface area contributed by atoms with Crippen LogP contribution in [-0.4, -0.2) is 51.1 Å². The number of hydrogen-bond donors (Lipinski definition) is 0. The van der Waals surface area contributed by atoms with E-state index >= 15 is 0 Å². The van der Waals surface area contributed by atoms with Crippen LogP contribution in [-0.2, 0) is 15.9 Å². The second kappa shape index (κ2) is 6.89. The van der Waals surface area contributed by atoms with Crippen molar-refractivity contribution in [1.82, 2.24) is 19.7 Å². The number of nitrogens with zero attached hydrogens (tertiary/aromatic N) is 4. The molecule has 1 fully saturated rings. The van der Waals surface area contributed by atoms with Crippen molar-refractivity contribution < 1.29 is 9.31 Å². The Bertz CT molecular complexity index is 816. The highest BCUT2D eigenvalue weighted by Crippen LogP contribution is 2.39. The topological polar surface area (TPSA) is 52.4 Å². The van der Waals surface area contributed by atoms with Crippen LogP contribution in [0.2, 0.25) is 0 Å². The molecule has 0 amide bonds. The molecule has 1 aromatic carbocycles. The maximum absolute atomic E-state index is 6.20. The molecule has 0 saturated carbocycles. The smallest absolute Gasteiger partial charge is 0.400 e. The molecular formula is C20H27BN4O2. The van der Waals surface area contributed by atoms with Crippen LogP contribution >= 0.6 is 0 Å². The van der Waals surface area contributed by atoms with Gasteiger partial charge >= 0.3 is 7.12 Å². The lowest BCUT2D eigenvalue weighted by Crippen LogP contribution is -2.41. The Balaban J connectivity index is 1.44. The van der Waals surface area contributed by atoms with Gasteiger partial charge in [-0.05, 0) is 51.2 Å². The van der Waals surface area contributed by atoms with Gasteiger partial charge in [-0.15, -0.1) is 0 Å². The number of benzene rings is 1. The Labute approximate surface area is 161 Å². The Morgan fingerprint density at radius 1 is 1.11 bits per heavy atom. The number of aromatic nitrogens is 3. The van der Waals surface area contributed by atoms with E-state index < -0.39 is 0 Å². The van der Waals surface area contributed by atoms with Crippen LogP contribution in [0.1, 0.15) is 39.7 Å². The molecule has 142 valence electrons. The SMILES string of the molecule is CC1(C)OB(C2=CCN(Cc3ccccc3-n3cncn3)CC2)OC1(C)C. The maximum Gasteiger partial charge on any atom is 0.490 e. The molecular weight excluding hydrogens is 339 g/mol. The average molecular weight is 366 g/mol. The molecule has 4 rings (SSSR count). The summed E-state index contributed by atoms with van der Waals surface area (Å²) in [4.78, 5) is 6.50. The van der Waals surface area contributed by atoms with Gasteiger partial charge in [-0.3, -0.25) is 4.90 Å². The van der Waals surface area contributed by atoms with Gasteiger partial charge in [-0.25, -0.2) is 9.67 Å². The zero-order valence-corrected chi connectivity index (χ0v) is 16.6. The van der Waals surface area contributed by atoms with Gasteiger partial charge in [0, 0.05) is 19.6 Å². The van der Waals surface area contributed by atoms with Crippen LogP contribution in [0.15, 0.2) is 48.5 Å². The Morgan fingerprint density at radius 2 is 1.85 bits per heavy atom. The van der Waals surface area contributed by atoms with E-state index in [9.17, 15) is 0 Å². The minimum atomic E-state index is -0.285. The highest BCUT2D eigenvalue weighted by molar-refractivity contribution is 6.54. The molecule has 0 bridgehead atoms. The first-order chi connectivity index (χ1) is 12.9. The van der Waals surface area contributed by atoms with E-state index in [1.165, 1.54) is 11.0 Å². The molecule has 7 heteroatoms. The molecule has 0 unspecified atom stereocenters. The van der Waals surface area contributed by atoms with E-state index in [1.54, 1.807) is 12.7 Å². The van der Waals surface area contributed by atoms with Gasteiger partial charge in [0.25, 0.3) is 0 Å². The van der Waals surface area contributed by atoms with Crippen molar-refractivity contribution in [2.45, 2.75) is 51.9 Å². The van der Waals surface area contributed by atoms with E-state index in [4.69, 9.17) is 9.31 Å². The maximum atomic E-state index is 6.20. The molecule has 0 atom stereocenters. The molecule has 0 spiro atoms. The fraction of sp³-hybridized carbons (Fsp3) is 0.500. The van der Waals surface area contributed by atoms with Crippen molar-refractivity contribution in [3.05, 3.63) is 54.0 Å². The minimum absolute atomic E-state index is 0.223. The normalized spacial score (nSPS) is 22.1. The molecule has 0 N–H and O–H groups in total. The first kappa shape index (κ1) is 18.4. The third kappa shape index (κ3) is 3.59. The largest absolute Gasteiger partial charge is 0.490 e. The molecule has 3 heterocycles. The fourth-order valence-electron chi connectivity index (χ4n) is 3.52. The summed E-state index contributed by atoms with van der Waals surface area (Å²) in [7, 11) is -0.223. The second-order valence-electron chi connectivity index (χ2n) is 8.32. The summed E-state index contributed by atoms with van der Waals surface area (Å²) >= 11 is 0. The van der Waals surface area contributed by atoms with E-state index in [0.717, 1.165) is 31.7 Å². The van der Waals surface area contributed by atoms with Crippen molar-refractivity contribution in [3.63, 3.8) is 0 Å². The fourth-order valence-corrected chi connectivity index (χ4v) is 3.52. The zero-order chi connectivity index (χ0) is 19.1. The van der Waals surface area contributed by atoms with Crippen molar-refractivity contribution in [2.75, 3.05) is 13.1 Å². The van der Waals surface area contributed by atoms with E-state index in [1.807, 2.05) is 10.7 Å². The van der Waals surface area contributed by atoms with Crippen molar-refractivity contribution in [1.29, 1.82) is 0 Å². The third-order valence-electron chi connectivity index (χ3n) is 5.94. The number of rotatable bonds is 4. The van der Waals surface area contributed by atoms with Gasteiger partial charge in [0.15, 0.2) is 0 Å². The highest BCUT2D eigenvalue weighted by Gasteiger charge is 2.52. The van der Waals surface area contributed by atoms with Crippen molar-refractivity contribution in [2.24, 2.45) is 0 Å². The number of para-hydroxylation sites is 1. The lowest BCUT2D eigenvalue weighted by Gasteiger charge is -2.32. The first-order valence-corrected chi connectivity index (χ1v) is 9.55. The summed E-state index contributed by atoms with van der Waals surface area (Å²) in [5, 5.41) is 4.27. The van der Waals surface area contributed by atoms with E-state index in [-0.39, 0.29) is 18.3 Å². The molecule has 0 radical (unpaired) electrons. The summed E-state index contributed by atoms with van der Waals surface area (Å²) in [5.41, 5.74) is 3.01. The van der Waals surface area contributed by atoms with Crippen LogP contribution in [0.25, 0.3) is 5.69 Å². The summed E-state index contributed by atoms with van der Waals surface area (Å²) in [6.45, 7) is 11.2. The standard InChI is InChI=1S/C20H27BN4O2/c1-19(2)20(3,4)27-21(26-19)17-9-11-24(12-10-17)13-16-7-5-6-8-18(16)25-15-22-14-23-25/h5-9,14-15H,10-13H2,1-4H3. The van der Waals surface area contributed by atoms with Crippen molar-refractivity contribution in [3.8, 4) is 5.69 Å². The van der Waals surface area contributed by atoms with Crippen LogP contribution in [0, 0.1) is 0 Å². The summed E-state index contributed by atoms with van der Waals surface area (Å²) in [6.07, 6.45) is 6.54. The minimum Gasteiger partial charge on any atom is -0.400 e. The molecule has 2 aliphatic heterocycles. The molecule has 6 nitrogen and oxygen atoms in total. The molecule has 0 aliphatic carbocycles. The van der Waals surface area contributed by atoms with E-state index in [0.29, 0.717) is 0 Å². The van der Waals surface area contributed by atoms with Crippen molar-refractivity contribution >= 4 is 7.12 Å². The van der Waals surface area contributed by atoms with Crippen LogP contribution < -0.4 is 0 Å². The predicted molar refractivity (Wildman–Crippen MR) is 105 cm³/mol. The Kier molecular flexibility index (Phi) is 4.70. The lowest BCUT2D eigenvalue weighted by atomic mass is 9.74. The van der Waals surface area contributed by atoms with Crippen LogP contribution in [0.4, 0.5) is 0 Å². The molecule has 1 saturated heterocycles. The van der Waals surface area contributed by atoms with Gasteiger partial charge in [0.05, 0.1) is 16.9 Å². The summed E-state index contributed by atoms with van der Waals surface area (Å²) < 4.78 is 14.2. The number of hydrogen-bond acceptors (Lipinski definition) is 5. The van der Waals surface area contributed by atoms with Crippen LogP contribution in [0.3, 0.4) is 0 Å². The predicted octanol–water partition coefficient (Wildman–Crippen LogP) is 3.03. The van der Waals surface area contributed by atoms with Gasteiger partial charge in [0.2, 0.25) is 0 Å².